The summed E-state index contributed by atoms with van der Waals surface area (Å²) in [5.74, 6) is 0.611. The average Bonchev–Trinajstić information content (AvgIpc) is 3.31. The van der Waals surface area contributed by atoms with Crippen LogP contribution >= 0.6 is 11.6 Å². The summed E-state index contributed by atoms with van der Waals surface area (Å²) in [4.78, 5) is 0. The lowest BCUT2D eigenvalue weighted by molar-refractivity contribution is -0.175. The van der Waals surface area contributed by atoms with Crippen LogP contribution < -0.4 is 0 Å². The van der Waals surface area contributed by atoms with Crippen LogP contribution in [0, 0.1) is 34.0 Å². The van der Waals surface area contributed by atoms with Gasteiger partial charge in [0.05, 0.1) is 19.3 Å². The highest BCUT2D eigenvalue weighted by molar-refractivity contribution is 6.77. The van der Waals surface area contributed by atoms with E-state index >= 15 is 0 Å². The number of halogens is 1. The molecule has 0 bridgehead atoms. The van der Waals surface area contributed by atoms with Crippen molar-refractivity contribution in [3.63, 3.8) is 0 Å². The first-order valence-corrected chi connectivity index (χ1v) is 15.6. The molecule has 1 saturated heterocycles. The molecular formula is C25H36ClNO3Si. The van der Waals surface area contributed by atoms with E-state index in [2.05, 4.69) is 45.2 Å². The second kappa shape index (κ2) is 7.18. The monoisotopic (exact) mass is 461 g/mol. The molecule has 0 radical (unpaired) electrons. The van der Waals surface area contributed by atoms with E-state index in [1.165, 1.54) is 5.57 Å². The van der Waals surface area contributed by atoms with E-state index in [1.807, 2.05) is 0 Å². The number of rotatable bonds is 3. The molecule has 6 heteroatoms. The van der Waals surface area contributed by atoms with Crippen molar-refractivity contribution in [3.8, 4) is 6.07 Å². The Bertz CT molecular complexity index is 872. The summed E-state index contributed by atoms with van der Waals surface area (Å²) >= 11 is 6.26. The predicted octanol–water partition coefficient (Wildman–Crippen LogP) is 5.87. The second-order valence-electron chi connectivity index (χ2n) is 11.5. The molecule has 3 fully saturated rings. The summed E-state index contributed by atoms with van der Waals surface area (Å²) in [7, 11) is -2.08. The Morgan fingerprint density at radius 2 is 1.94 bits per heavy atom. The fraction of sp³-hybridized carbons (Fsp3) is 0.800. The summed E-state index contributed by atoms with van der Waals surface area (Å²) in [5.41, 5.74) is 2.88. The fourth-order valence-corrected chi connectivity index (χ4v) is 9.07. The molecule has 5 atom stereocenters. The lowest BCUT2D eigenvalue weighted by Gasteiger charge is -2.56. The minimum Gasteiger partial charge on any atom is -0.398 e. The Morgan fingerprint density at radius 1 is 1.19 bits per heavy atom. The largest absolute Gasteiger partial charge is 0.398 e. The molecule has 0 N–H and O–H groups in total. The van der Waals surface area contributed by atoms with E-state index in [0.717, 1.165) is 44.9 Å². The van der Waals surface area contributed by atoms with Crippen LogP contribution in [0.1, 0.15) is 58.8 Å². The summed E-state index contributed by atoms with van der Waals surface area (Å²) in [6.07, 6.45) is 11.8. The van der Waals surface area contributed by atoms with Crippen molar-refractivity contribution in [3.05, 3.63) is 23.3 Å². The summed E-state index contributed by atoms with van der Waals surface area (Å²) in [6.45, 7) is 10.5. The van der Waals surface area contributed by atoms with Crippen LogP contribution in [-0.4, -0.2) is 38.4 Å². The van der Waals surface area contributed by atoms with Crippen LogP contribution in [0.5, 0.6) is 0 Å². The highest BCUT2D eigenvalue weighted by atomic mass is 35.5. The van der Waals surface area contributed by atoms with Gasteiger partial charge in [0.25, 0.3) is 0 Å². The smallest absolute Gasteiger partial charge is 0.203 e. The number of allylic oxidation sites excluding steroid dienone is 3. The lowest BCUT2D eigenvalue weighted by atomic mass is 9.51. The van der Waals surface area contributed by atoms with Crippen molar-refractivity contribution in [2.75, 3.05) is 18.7 Å². The maximum atomic E-state index is 10.4. The van der Waals surface area contributed by atoms with Crippen molar-refractivity contribution >= 4 is 19.9 Å². The van der Waals surface area contributed by atoms with E-state index in [4.69, 9.17) is 25.5 Å². The van der Waals surface area contributed by atoms with Gasteiger partial charge in [0, 0.05) is 29.2 Å². The van der Waals surface area contributed by atoms with Gasteiger partial charge in [0.2, 0.25) is 8.32 Å². The number of nitriles is 1. The molecule has 0 aromatic heterocycles. The number of alkyl halides is 1. The molecule has 0 amide bonds. The Kier molecular flexibility index (Phi) is 5.13. The molecule has 1 heterocycles. The molecule has 4 aliphatic carbocycles. The number of hydrogen-bond acceptors (Lipinski definition) is 4. The number of nitrogens with zero attached hydrogens (tertiary/aromatic N) is 1. The Labute approximate surface area is 193 Å². The van der Waals surface area contributed by atoms with E-state index in [9.17, 15) is 5.26 Å². The van der Waals surface area contributed by atoms with Gasteiger partial charge in [-0.15, -0.1) is 11.6 Å². The zero-order valence-corrected chi connectivity index (χ0v) is 21.2. The topological polar surface area (TPSA) is 51.5 Å². The van der Waals surface area contributed by atoms with Gasteiger partial charge in [0.1, 0.15) is 5.60 Å². The van der Waals surface area contributed by atoms with Crippen LogP contribution in [0.4, 0.5) is 0 Å². The molecule has 1 spiro atoms. The third kappa shape index (κ3) is 3.09. The van der Waals surface area contributed by atoms with Crippen molar-refractivity contribution in [2.24, 2.45) is 22.7 Å². The van der Waals surface area contributed by atoms with E-state index in [0.29, 0.717) is 30.6 Å². The van der Waals surface area contributed by atoms with Crippen LogP contribution in [0.15, 0.2) is 23.3 Å². The molecule has 1 aliphatic heterocycles. The molecule has 2 saturated carbocycles. The quantitative estimate of drug-likeness (QED) is 0.299. The van der Waals surface area contributed by atoms with Crippen LogP contribution in [0.3, 0.4) is 0 Å². The highest BCUT2D eigenvalue weighted by Gasteiger charge is 2.64. The van der Waals surface area contributed by atoms with Gasteiger partial charge in [-0.25, -0.2) is 0 Å². The minimum atomic E-state index is -2.08. The first-order valence-electron chi connectivity index (χ1n) is 12.0. The summed E-state index contributed by atoms with van der Waals surface area (Å²) in [6, 6.07) is 2.68. The summed E-state index contributed by atoms with van der Waals surface area (Å²) in [5, 5.41) is 10.4. The van der Waals surface area contributed by atoms with Crippen LogP contribution in [-0.2, 0) is 13.9 Å². The van der Waals surface area contributed by atoms with Crippen molar-refractivity contribution in [2.45, 2.75) is 83.3 Å². The van der Waals surface area contributed by atoms with Gasteiger partial charge in [-0.1, -0.05) is 37.1 Å². The molecular weight excluding hydrogens is 426 g/mol. The number of hydrogen-bond donors (Lipinski definition) is 0. The van der Waals surface area contributed by atoms with E-state index in [1.54, 1.807) is 5.57 Å². The van der Waals surface area contributed by atoms with Crippen LogP contribution in [0.25, 0.3) is 0 Å². The predicted molar refractivity (Wildman–Crippen MR) is 124 cm³/mol. The van der Waals surface area contributed by atoms with E-state index < -0.39 is 13.9 Å². The first-order chi connectivity index (χ1) is 14.6. The average molecular weight is 462 g/mol. The minimum absolute atomic E-state index is 0.105. The lowest BCUT2D eigenvalue weighted by Crippen LogP contribution is -2.56. The van der Waals surface area contributed by atoms with Crippen molar-refractivity contribution in [1.82, 2.24) is 0 Å². The highest BCUT2D eigenvalue weighted by Crippen LogP contribution is 2.66. The standard InChI is InChI=1S/C25H36ClNO3Si/c1-22-11-12-25(28-13-14-29-25)15-18(22)5-6-19-20(22)7-9-23(2)21(19)8-10-24(23,16-27)30-31(3,4)17-26/h5,7,19,21H,6,8-15,17H2,1-4H3/t19-,21+,22+,23+,24+/m1/s1. The summed E-state index contributed by atoms with van der Waals surface area (Å²) < 4.78 is 18.8. The Hall–Kier alpha value is -0.643. The van der Waals surface area contributed by atoms with Gasteiger partial charge in [-0.3, -0.25) is 0 Å². The molecule has 0 aromatic carbocycles. The first kappa shape index (κ1) is 22.2. The molecule has 31 heavy (non-hydrogen) atoms. The molecule has 5 rings (SSSR count). The Morgan fingerprint density at radius 3 is 2.61 bits per heavy atom. The third-order valence-electron chi connectivity index (χ3n) is 9.38. The second-order valence-corrected chi connectivity index (χ2v) is 16.3. The molecule has 0 aromatic rings. The zero-order chi connectivity index (χ0) is 22.1. The molecule has 170 valence electrons. The van der Waals surface area contributed by atoms with Gasteiger partial charge in [-0.05, 0) is 57.0 Å². The molecule has 0 unspecified atom stereocenters. The van der Waals surface area contributed by atoms with Gasteiger partial charge >= 0.3 is 0 Å². The number of ether oxygens (including phenoxy) is 2. The Balaban J connectivity index is 1.47. The fourth-order valence-electron chi connectivity index (χ4n) is 7.53. The van der Waals surface area contributed by atoms with Gasteiger partial charge < -0.3 is 13.9 Å². The zero-order valence-electron chi connectivity index (χ0n) is 19.4. The maximum absolute atomic E-state index is 10.4. The maximum Gasteiger partial charge on any atom is 0.203 e. The normalized spacial score (nSPS) is 43.5. The molecule has 4 nitrogen and oxygen atoms in total. The van der Waals surface area contributed by atoms with Gasteiger partial charge in [-0.2, -0.15) is 5.26 Å². The molecule has 5 aliphatic rings. The number of fused-ring (bicyclic) bond motifs is 5. The van der Waals surface area contributed by atoms with Gasteiger partial charge in [0.15, 0.2) is 5.79 Å². The van der Waals surface area contributed by atoms with Crippen molar-refractivity contribution < 1.29 is 13.9 Å². The van der Waals surface area contributed by atoms with Crippen molar-refractivity contribution in [1.29, 1.82) is 5.26 Å². The van der Waals surface area contributed by atoms with E-state index in [-0.39, 0.29) is 16.6 Å². The van der Waals surface area contributed by atoms with Crippen LogP contribution in [0.2, 0.25) is 13.1 Å². The third-order valence-corrected chi connectivity index (χ3v) is 12.9. The SMILES string of the molecule is C[C@]12CCC3(CC1=CC[C@@H]1C2=CC[C@@]2(C)[C@H]1CC[C@@]2(C#N)O[Si](C)(C)CCl)OCCO3.